The van der Waals surface area contributed by atoms with Gasteiger partial charge in [0.25, 0.3) is 0 Å². The van der Waals surface area contributed by atoms with E-state index in [9.17, 15) is 4.79 Å². The van der Waals surface area contributed by atoms with Gasteiger partial charge in [-0.15, -0.1) is 5.10 Å². The number of amides is 1. The summed E-state index contributed by atoms with van der Waals surface area (Å²) in [6.07, 6.45) is 5.47. The fourth-order valence-corrected chi connectivity index (χ4v) is 4.67. The number of ether oxygens (including phenoxy) is 1. The second-order valence-electron chi connectivity index (χ2n) is 8.82. The van der Waals surface area contributed by atoms with Crippen molar-refractivity contribution in [1.29, 1.82) is 0 Å². The van der Waals surface area contributed by atoms with Crippen LogP contribution in [-0.2, 0) is 11.8 Å². The van der Waals surface area contributed by atoms with E-state index in [0.717, 1.165) is 53.2 Å². The van der Waals surface area contributed by atoms with Crippen LogP contribution in [0.4, 0.5) is 5.95 Å². The molecule has 0 radical (unpaired) electrons. The predicted octanol–water partition coefficient (Wildman–Crippen LogP) is 2.97. The van der Waals surface area contributed by atoms with Crippen molar-refractivity contribution in [2.24, 2.45) is 13.0 Å². The molecule has 3 aromatic heterocycles. The topological polar surface area (TPSA) is 114 Å². The summed E-state index contributed by atoms with van der Waals surface area (Å²) in [6, 6.07) is 6.25. The Balaban J connectivity index is 1.40. The van der Waals surface area contributed by atoms with Crippen molar-refractivity contribution in [2.75, 3.05) is 26.5 Å². The second-order valence-corrected chi connectivity index (χ2v) is 8.82. The minimum absolute atomic E-state index is 0.105. The first-order chi connectivity index (χ1) is 15.9. The van der Waals surface area contributed by atoms with Crippen molar-refractivity contribution >= 4 is 33.9 Å². The van der Waals surface area contributed by atoms with Crippen molar-refractivity contribution in [1.82, 2.24) is 34.8 Å². The van der Waals surface area contributed by atoms with Gasteiger partial charge in [0.15, 0.2) is 0 Å². The van der Waals surface area contributed by atoms with Crippen LogP contribution in [0.1, 0.15) is 25.7 Å². The fourth-order valence-electron chi connectivity index (χ4n) is 4.67. The van der Waals surface area contributed by atoms with Gasteiger partial charge in [-0.2, -0.15) is 9.97 Å². The Kier molecular flexibility index (Phi) is 5.35. The van der Waals surface area contributed by atoms with Gasteiger partial charge >= 0.3 is 0 Å². The molecule has 1 fully saturated rings. The Morgan fingerprint density at radius 3 is 2.73 bits per heavy atom. The lowest BCUT2D eigenvalue weighted by atomic mass is 9.85. The summed E-state index contributed by atoms with van der Waals surface area (Å²) >= 11 is 0. The molecular formula is C23H28N8O2. The molecule has 0 atom stereocenters. The van der Waals surface area contributed by atoms with Crippen LogP contribution in [0, 0.1) is 5.92 Å². The molecule has 3 heterocycles. The molecule has 0 aliphatic heterocycles. The molecule has 1 saturated carbocycles. The molecular weight excluding hydrogens is 420 g/mol. The Hall–Kier alpha value is -3.69. The van der Waals surface area contributed by atoms with Crippen LogP contribution in [-0.4, -0.2) is 68.0 Å². The molecule has 5 rings (SSSR count). The van der Waals surface area contributed by atoms with E-state index in [1.165, 1.54) is 0 Å². The highest BCUT2D eigenvalue weighted by atomic mass is 16.5. The van der Waals surface area contributed by atoms with E-state index in [4.69, 9.17) is 9.72 Å². The number of nitrogens with zero attached hydrogens (tertiary/aromatic N) is 6. The predicted molar refractivity (Wildman–Crippen MR) is 126 cm³/mol. The number of anilines is 1. The van der Waals surface area contributed by atoms with E-state index in [2.05, 4.69) is 31.7 Å². The molecule has 0 spiro atoms. The van der Waals surface area contributed by atoms with E-state index in [0.29, 0.717) is 17.5 Å². The molecule has 1 aliphatic carbocycles. The molecule has 0 saturated heterocycles. The molecule has 0 bridgehead atoms. The molecule has 10 heteroatoms. The lowest BCUT2D eigenvalue weighted by Gasteiger charge is -2.29. The van der Waals surface area contributed by atoms with Gasteiger partial charge in [-0.05, 0) is 43.4 Å². The van der Waals surface area contributed by atoms with E-state index in [1.54, 1.807) is 16.7 Å². The highest BCUT2D eigenvalue weighted by Gasteiger charge is 2.28. The van der Waals surface area contributed by atoms with Crippen LogP contribution in [0.5, 0.6) is 5.88 Å². The molecule has 1 amide bonds. The number of carbonyl (C=O) groups excluding carboxylic acids is 1. The molecule has 33 heavy (non-hydrogen) atoms. The van der Waals surface area contributed by atoms with Gasteiger partial charge in [-0.25, -0.2) is 4.68 Å². The maximum absolute atomic E-state index is 12.2. The number of methoxy groups -OCH3 is 1. The summed E-state index contributed by atoms with van der Waals surface area (Å²) in [5.41, 5.74) is 4.46. The van der Waals surface area contributed by atoms with Crippen LogP contribution in [0.2, 0.25) is 0 Å². The van der Waals surface area contributed by atoms with E-state index >= 15 is 0 Å². The summed E-state index contributed by atoms with van der Waals surface area (Å²) in [5.74, 6) is 1.36. The second kappa shape index (κ2) is 8.34. The monoisotopic (exact) mass is 448 g/mol. The van der Waals surface area contributed by atoms with Gasteiger partial charge in [-0.3, -0.25) is 4.79 Å². The maximum atomic E-state index is 12.2. The summed E-state index contributed by atoms with van der Waals surface area (Å²) in [4.78, 5) is 26.6. The number of aryl methyl sites for hydroxylation is 1. The van der Waals surface area contributed by atoms with Gasteiger partial charge in [0.2, 0.25) is 17.7 Å². The normalized spacial score (nSPS) is 18.5. The Labute approximate surface area is 191 Å². The third-order valence-corrected chi connectivity index (χ3v) is 6.46. The van der Waals surface area contributed by atoms with Gasteiger partial charge in [0.1, 0.15) is 11.2 Å². The average Bonchev–Trinajstić information content (AvgIpc) is 3.42. The molecule has 0 unspecified atom stereocenters. The average molecular weight is 449 g/mol. The Bertz CT molecular complexity index is 1320. The van der Waals surface area contributed by atoms with Crippen molar-refractivity contribution in [2.45, 2.75) is 31.7 Å². The lowest BCUT2D eigenvalue weighted by Crippen LogP contribution is -2.35. The molecule has 1 aliphatic rings. The molecule has 172 valence electrons. The molecule has 2 N–H and O–H groups in total. The number of nitrogens with one attached hydrogen (secondary N) is 2. The number of benzene rings is 1. The quantitative estimate of drug-likeness (QED) is 0.482. The first kappa shape index (κ1) is 21.2. The minimum Gasteiger partial charge on any atom is -0.480 e. The van der Waals surface area contributed by atoms with Gasteiger partial charge < -0.3 is 19.9 Å². The molecule has 4 aromatic rings. The van der Waals surface area contributed by atoms with Crippen LogP contribution < -0.4 is 10.1 Å². The number of aromatic amines is 1. The number of carbonyl (C=O) groups is 1. The number of H-pyrrole nitrogens is 1. The standard InChI is InChI=1S/C23H28N8O2/c1-30(2)22(32)13-5-8-15(9-6-13)25-23-26-20-19(21(27-23)33-4)16(12-24-20)14-7-10-17-18(11-14)31(3)29-28-17/h7,10-13,15H,5-6,8-9H2,1-4H3,(H2,24,25,26,27)/t13-,15+. The van der Waals surface area contributed by atoms with Crippen LogP contribution in [0.15, 0.2) is 24.4 Å². The van der Waals surface area contributed by atoms with Crippen LogP contribution in [0.3, 0.4) is 0 Å². The fraction of sp³-hybridized carbons (Fsp3) is 0.435. The molecule has 1 aromatic carbocycles. The van der Waals surface area contributed by atoms with Gasteiger partial charge in [0, 0.05) is 44.9 Å². The molecule has 10 nitrogen and oxygen atoms in total. The summed E-state index contributed by atoms with van der Waals surface area (Å²) in [6.45, 7) is 0. The van der Waals surface area contributed by atoms with E-state index in [-0.39, 0.29) is 17.9 Å². The number of hydrogen-bond donors (Lipinski definition) is 2. The number of fused-ring (bicyclic) bond motifs is 2. The van der Waals surface area contributed by atoms with Crippen molar-refractivity contribution < 1.29 is 9.53 Å². The van der Waals surface area contributed by atoms with Gasteiger partial charge in [-0.1, -0.05) is 11.3 Å². The lowest BCUT2D eigenvalue weighted by molar-refractivity contribution is -0.133. The van der Waals surface area contributed by atoms with Crippen LogP contribution >= 0.6 is 0 Å². The number of rotatable bonds is 5. The largest absolute Gasteiger partial charge is 0.480 e. The highest BCUT2D eigenvalue weighted by Crippen LogP contribution is 2.36. The zero-order chi connectivity index (χ0) is 23.1. The number of aromatic nitrogens is 6. The van der Waals surface area contributed by atoms with E-state index in [1.807, 2.05) is 39.5 Å². The Morgan fingerprint density at radius 1 is 1.21 bits per heavy atom. The Morgan fingerprint density at radius 2 is 2.00 bits per heavy atom. The smallest absolute Gasteiger partial charge is 0.228 e. The third kappa shape index (κ3) is 3.85. The minimum atomic E-state index is 0.105. The maximum Gasteiger partial charge on any atom is 0.228 e. The summed E-state index contributed by atoms with van der Waals surface area (Å²) in [7, 11) is 7.13. The first-order valence-electron chi connectivity index (χ1n) is 11.1. The highest BCUT2D eigenvalue weighted by molar-refractivity contribution is 5.99. The zero-order valence-corrected chi connectivity index (χ0v) is 19.3. The first-order valence-corrected chi connectivity index (χ1v) is 11.1. The van der Waals surface area contributed by atoms with Crippen molar-refractivity contribution in [3.8, 4) is 17.0 Å². The summed E-state index contributed by atoms with van der Waals surface area (Å²) < 4.78 is 7.41. The van der Waals surface area contributed by atoms with Gasteiger partial charge in [0.05, 0.1) is 18.0 Å². The number of hydrogen-bond acceptors (Lipinski definition) is 7. The van der Waals surface area contributed by atoms with E-state index < -0.39 is 0 Å². The van der Waals surface area contributed by atoms with Crippen LogP contribution in [0.25, 0.3) is 33.2 Å². The third-order valence-electron chi connectivity index (χ3n) is 6.46. The van der Waals surface area contributed by atoms with Crippen molar-refractivity contribution in [3.63, 3.8) is 0 Å². The van der Waals surface area contributed by atoms with Crippen molar-refractivity contribution in [3.05, 3.63) is 24.4 Å². The SMILES string of the molecule is COc1nc(N[C@H]2CC[C@@H](C(=O)N(C)C)CC2)nc2[nH]cc(-c3ccc4nnn(C)c4c3)c12. The zero-order valence-electron chi connectivity index (χ0n) is 19.3. The summed E-state index contributed by atoms with van der Waals surface area (Å²) in [5, 5.41) is 12.5.